The number of piperazine rings is 1. The number of H-pyrrole nitrogens is 1. The van der Waals surface area contributed by atoms with Crippen LogP contribution in [0.2, 0.25) is 0 Å². The maximum atomic E-state index is 12.4. The lowest BCUT2D eigenvalue weighted by molar-refractivity contribution is -0.123. The van der Waals surface area contributed by atoms with Gasteiger partial charge in [-0.25, -0.2) is 4.98 Å². The Bertz CT molecular complexity index is 694. The maximum absolute atomic E-state index is 12.4. The molecule has 108 valence electrons. The second-order valence-electron chi connectivity index (χ2n) is 4.90. The first-order chi connectivity index (χ1) is 10.1. The molecule has 0 spiro atoms. The van der Waals surface area contributed by atoms with Crippen LogP contribution in [0.1, 0.15) is 16.2 Å². The van der Waals surface area contributed by atoms with Crippen molar-refractivity contribution in [3.63, 3.8) is 0 Å². The molecule has 1 fully saturated rings. The lowest BCUT2D eigenvalue weighted by atomic mass is 10.1. The highest BCUT2D eigenvalue weighted by Gasteiger charge is 2.22. The molecule has 0 radical (unpaired) electrons. The standard InChI is InChI=1S/C14H15N5O2/c1-9-16-13(18-17-9)10-3-2-4-11(7-10)14(21)19-6-5-15-12(20)8-19/h2-4,7H,5-6,8H2,1H3,(H,15,20)(H,16,17,18). The summed E-state index contributed by atoms with van der Waals surface area (Å²) in [7, 11) is 0. The molecule has 7 nitrogen and oxygen atoms in total. The number of benzene rings is 1. The summed E-state index contributed by atoms with van der Waals surface area (Å²) in [4.78, 5) is 29.6. The van der Waals surface area contributed by atoms with E-state index in [-0.39, 0.29) is 18.4 Å². The van der Waals surface area contributed by atoms with E-state index >= 15 is 0 Å². The van der Waals surface area contributed by atoms with Crippen LogP contribution in [0.5, 0.6) is 0 Å². The smallest absolute Gasteiger partial charge is 0.254 e. The monoisotopic (exact) mass is 285 g/mol. The molecule has 1 aliphatic rings. The molecule has 2 N–H and O–H groups in total. The summed E-state index contributed by atoms with van der Waals surface area (Å²) in [6, 6.07) is 7.12. The Balaban J connectivity index is 1.85. The zero-order chi connectivity index (χ0) is 14.8. The Labute approximate surface area is 121 Å². The number of aromatic amines is 1. The molecule has 0 bridgehead atoms. The highest BCUT2D eigenvalue weighted by molar-refractivity contribution is 5.97. The summed E-state index contributed by atoms with van der Waals surface area (Å²) in [6.07, 6.45) is 0. The molecule has 0 atom stereocenters. The summed E-state index contributed by atoms with van der Waals surface area (Å²) in [6.45, 7) is 2.93. The molecule has 1 aromatic carbocycles. The molecule has 0 aliphatic carbocycles. The summed E-state index contributed by atoms with van der Waals surface area (Å²) >= 11 is 0. The highest BCUT2D eigenvalue weighted by Crippen LogP contribution is 2.17. The topological polar surface area (TPSA) is 91.0 Å². The van der Waals surface area contributed by atoms with Gasteiger partial charge >= 0.3 is 0 Å². The van der Waals surface area contributed by atoms with Gasteiger partial charge in [0, 0.05) is 24.2 Å². The number of aromatic nitrogens is 3. The molecule has 1 saturated heterocycles. The van der Waals surface area contributed by atoms with Gasteiger partial charge in [-0.2, -0.15) is 5.10 Å². The summed E-state index contributed by atoms with van der Waals surface area (Å²) in [5.41, 5.74) is 1.30. The Morgan fingerprint density at radius 3 is 2.95 bits per heavy atom. The van der Waals surface area contributed by atoms with Crippen LogP contribution in [0.4, 0.5) is 0 Å². The van der Waals surface area contributed by atoms with Crippen LogP contribution in [-0.2, 0) is 4.79 Å². The molecule has 2 heterocycles. The number of nitrogens with zero attached hydrogens (tertiary/aromatic N) is 3. The van der Waals surface area contributed by atoms with Gasteiger partial charge in [0.1, 0.15) is 5.82 Å². The third-order valence-electron chi connectivity index (χ3n) is 3.29. The largest absolute Gasteiger partial charge is 0.353 e. The van der Waals surface area contributed by atoms with E-state index in [1.807, 2.05) is 13.0 Å². The number of hydrogen-bond donors (Lipinski definition) is 2. The predicted molar refractivity (Wildman–Crippen MR) is 75.5 cm³/mol. The van der Waals surface area contributed by atoms with Gasteiger partial charge in [-0.3, -0.25) is 14.7 Å². The minimum absolute atomic E-state index is 0.100. The van der Waals surface area contributed by atoms with Crippen molar-refractivity contribution in [2.75, 3.05) is 19.6 Å². The normalized spacial score (nSPS) is 14.9. The van der Waals surface area contributed by atoms with E-state index in [9.17, 15) is 9.59 Å². The van der Waals surface area contributed by atoms with Crippen LogP contribution in [0.3, 0.4) is 0 Å². The second kappa shape index (κ2) is 5.35. The van der Waals surface area contributed by atoms with E-state index in [4.69, 9.17) is 0 Å². The van der Waals surface area contributed by atoms with Crippen LogP contribution >= 0.6 is 0 Å². The minimum atomic E-state index is -0.154. The van der Waals surface area contributed by atoms with Gasteiger partial charge in [-0.1, -0.05) is 12.1 Å². The fraction of sp³-hybridized carbons (Fsp3) is 0.286. The average Bonchev–Trinajstić information content (AvgIpc) is 2.93. The van der Waals surface area contributed by atoms with E-state index in [1.54, 1.807) is 23.1 Å². The number of hydrogen-bond acceptors (Lipinski definition) is 4. The van der Waals surface area contributed by atoms with Crippen molar-refractivity contribution in [3.8, 4) is 11.4 Å². The third-order valence-corrected chi connectivity index (χ3v) is 3.29. The van der Waals surface area contributed by atoms with Gasteiger partial charge < -0.3 is 10.2 Å². The quantitative estimate of drug-likeness (QED) is 0.833. The van der Waals surface area contributed by atoms with Gasteiger partial charge in [0.25, 0.3) is 5.91 Å². The number of carbonyl (C=O) groups excluding carboxylic acids is 2. The van der Waals surface area contributed by atoms with E-state index in [0.717, 1.165) is 11.4 Å². The number of amides is 2. The average molecular weight is 285 g/mol. The summed E-state index contributed by atoms with van der Waals surface area (Å²) in [5, 5.41) is 9.56. The van der Waals surface area contributed by atoms with Gasteiger partial charge in [0.05, 0.1) is 6.54 Å². The lowest BCUT2D eigenvalue weighted by Crippen LogP contribution is -2.49. The van der Waals surface area contributed by atoms with Crippen molar-refractivity contribution in [1.29, 1.82) is 0 Å². The summed E-state index contributed by atoms with van der Waals surface area (Å²) < 4.78 is 0. The molecule has 0 saturated carbocycles. The number of aryl methyl sites for hydroxylation is 1. The minimum Gasteiger partial charge on any atom is -0.353 e. The van der Waals surface area contributed by atoms with Crippen molar-refractivity contribution < 1.29 is 9.59 Å². The first-order valence-electron chi connectivity index (χ1n) is 6.69. The second-order valence-corrected chi connectivity index (χ2v) is 4.90. The molecule has 1 aromatic heterocycles. The third kappa shape index (κ3) is 2.76. The Kier molecular flexibility index (Phi) is 3.39. The van der Waals surface area contributed by atoms with Crippen molar-refractivity contribution in [2.45, 2.75) is 6.92 Å². The molecule has 2 aromatic rings. The maximum Gasteiger partial charge on any atom is 0.254 e. The van der Waals surface area contributed by atoms with Crippen LogP contribution in [0.25, 0.3) is 11.4 Å². The zero-order valence-electron chi connectivity index (χ0n) is 11.6. The van der Waals surface area contributed by atoms with E-state index in [0.29, 0.717) is 24.5 Å². The first-order valence-corrected chi connectivity index (χ1v) is 6.69. The zero-order valence-corrected chi connectivity index (χ0v) is 11.6. The van der Waals surface area contributed by atoms with Crippen LogP contribution in [0, 0.1) is 6.92 Å². The van der Waals surface area contributed by atoms with E-state index in [1.165, 1.54) is 0 Å². The molecule has 2 amide bonds. The van der Waals surface area contributed by atoms with Gasteiger partial charge in [-0.05, 0) is 19.1 Å². The molecular weight excluding hydrogens is 270 g/mol. The predicted octanol–water partition coefficient (Wildman–Crippen LogP) is 0.352. The van der Waals surface area contributed by atoms with Crippen LogP contribution in [0.15, 0.2) is 24.3 Å². The van der Waals surface area contributed by atoms with Crippen molar-refractivity contribution in [3.05, 3.63) is 35.7 Å². The Hall–Kier alpha value is -2.70. The van der Waals surface area contributed by atoms with Gasteiger partial charge in [0.2, 0.25) is 5.91 Å². The molecule has 7 heteroatoms. The van der Waals surface area contributed by atoms with Crippen LogP contribution < -0.4 is 5.32 Å². The van der Waals surface area contributed by atoms with E-state index in [2.05, 4.69) is 20.5 Å². The first kappa shape index (κ1) is 13.3. The Morgan fingerprint density at radius 2 is 2.24 bits per heavy atom. The summed E-state index contributed by atoms with van der Waals surface area (Å²) in [5.74, 6) is 0.988. The molecule has 1 aliphatic heterocycles. The number of rotatable bonds is 2. The Morgan fingerprint density at radius 1 is 1.38 bits per heavy atom. The van der Waals surface area contributed by atoms with Crippen molar-refractivity contribution in [2.24, 2.45) is 0 Å². The van der Waals surface area contributed by atoms with Gasteiger partial charge in [-0.15, -0.1) is 0 Å². The molecule has 0 unspecified atom stereocenters. The van der Waals surface area contributed by atoms with Crippen molar-refractivity contribution in [1.82, 2.24) is 25.4 Å². The molecule has 3 rings (SSSR count). The number of carbonyl (C=O) groups is 2. The fourth-order valence-electron chi connectivity index (χ4n) is 2.26. The molecule has 21 heavy (non-hydrogen) atoms. The van der Waals surface area contributed by atoms with Crippen molar-refractivity contribution >= 4 is 11.8 Å². The molecular formula is C14H15N5O2. The van der Waals surface area contributed by atoms with E-state index < -0.39 is 0 Å². The van der Waals surface area contributed by atoms with Crippen LogP contribution in [-0.4, -0.2) is 51.5 Å². The SMILES string of the molecule is Cc1nc(-c2cccc(C(=O)N3CCNC(=O)C3)c2)n[nH]1. The van der Waals surface area contributed by atoms with Gasteiger partial charge in [0.15, 0.2) is 5.82 Å². The number of nitrogens with one attached hydrogen (secondary N) is 2. The lowest BCUT2D eigenvalue weighted by Gasteiger charge is -2.26. The fourth-order valence-corrected chi connectivity index (χ4v) is 2.26. The highest BCUT2D eigenvalue weighted by atomic mass is 16.2.